The second-order valence-corrected chi connectivity index (χ2v) is 3.44. The molecule has 6 heteroatoms. The van der Waals surface area contributed by atoms with Gasteiger partial charge in [0, 0.05) is 11.8 Å². The number of phenolic OH excluding ortho intramolecular Hbond substituents is 1. The Morgan fingerprint density at radius 2 is 2.18 bits per heavy atom. The first-order chi connectivity index (χ1) is 8.33. The Balaban J connectivity index is 2.01. The van der Waals surface area contributed by atoms with Crippen molar-refractivity contribution in [3.63, 3.8) is 0 Å². The molecule has 3 rings (SSSR count). The molecule has 0 spiro atoms. The zero-order valence-corrected chi connectivity index (χ0v) is 8.66. The van der Waals surface area contributed by atoms with Gasteiger partial charge in [0.2, 0.25) is 5.82 Å². The van der Waals surface area contributed by atoms with Gasteiger partial charge in [0.15, 0.2) is 0 Å². The quantitative estimate of drug-likeness (QED) is 0.698. The van der Waals surface area contributed by atoms with E-state index in [-0.39, 0.29) is 5.75 Å². The van der Waals surface area contributed by atoms with E-state index in [1.165, 1.54) is 0 Å². The Morgan fingerprint density at radius 3 is 2.94 bits per heavy atom. The average Bonchev–Trinajstić information content (AvgIpc) is 3.00. The highest BCUT2D eigenvalue weighted by Crippen LogP contribution is 2.23. The van der Waals surface area contributed by atoms with Crippen molar-refractivity contribution in [2.75, 3.05) is 0 Å². The van der Waals surface area contributed by atoms with E-state index in [1.54, 1.807) is 36.5 Å². The Hall–Kier alpha value is -2.63. The SMILES string of the molecule is Oc1cccc(-c2noc(-c3ccn[nH]3)n2)c1. The summed E-state index contributed by atoms with van der Waals surface area (Å²) in [6.45, 7) is 0. The summed E-state index contributed by atoms with van der Waals surface area (Å²) in [7, 11) is 0. The van der Waals surface area contributed by atoms with Crippen LogP contribution in [0.1, 0.15) is 0 Å². The van der Waals surface area contributed by atoms with Crippen LogP contribution in [0, 0.1) is 0 Å². The van der Waals surface area contributed by atoms with Crippen LogP contribution >= 0.6 is 0 Å². The van der Waals surface area contributed by atoms with Crippen molar-refractivity contribution < 1.29 is 9.63 Å². The maximum atomic E-state index is 9.36. The Labute approximate surface area is 95.9 Å². The molecule has 1 aromatic carbocycles. The van der Waals surface area contributed by atoms with Crippen LogP contribution in [-0.2, 0) is 0 Å². The van der Waals surface area contributed by atoms with Gasteiger partial charge >= 0.3 is 0 Å². The first kappa shape index (κ1) is 9.59. The minimum Gasteiger partial charge on any atom is -0.508 e. The van der Waals surface area contributed by atoms with Crippen molar-refractivity contribution in [1.29, 1.82) is 0 Å². The summed E-state index contributed by atoms with van der Waals surface area (Å²) >= 11 is 0. The van der Waals surface area contributed by atoms with Crippen LogP contribution in [0.25, 0.3) is 23.0 Å². The standard InChI is InChI=1S/C11H8N4O2/c16-8-3-1-2-7(6-8)10-13-11(17-15-10)9-4-5-12-14-9/h1-6,16H,(H,12,14). The zero-order valence-electron chi connectivity index (χ0n) is 8.66. The van der Waals surface area contributed by atoms with Crippen LogP contribution in [0.5, 0.6) is 5.75 Å². The number of phenols is 1. The number of hydrogen-bond acceptors (Lipinski definition) is 5. The van der Waals surface area contributed by atoms with Gasteiger partial charge in [-0.25, -0.2) is 0 Å². The molecular weight excluding hydrogens is 220 g/mol. The molecule has 84 valence electrons. The van der Waals surface area contributed by atoms with Gasteiger partial charge in [0.05, 0.1) is 0 Å². The number of aromatic nitrogens is 4. The van der Waals surface area contributed by atoms with E-state index in [2.05, 4.69) is 20.3 Å². The topological polar surface area (TPSA) is 87.8 Å². The predicted molar refractivity (Wildman–Crippen MR) is 59.0 cm³/mol. The summed E-state index contributed by atoms with van der Waals surface area (Å²) in [5.41, 5.74) is 1.35. The van der Waals surface area contributed by atoms with E-state index < -0.39 is 0 Å². The van der Waals surface area contributed by atoms with Crippen molar-refractivity contribution in [3.05, 3.63) is 36.5 Å². The molecular formula is C11H8N4O2. The van der Waals surface area contributed by atoms with E-state index in [0.29, 0.717) is 23.0 Å². The normalized spacial score (nSPS) is 10.6. The lowest BCUT2D eigenvalue weighted by Gasteiger charge is -1.94. The number of nitrogens with one attached hydrogen (secondary N) is 1. The minimum absolute atomic E-state index is 0.162. The summed E-state index contributed by atoms with van der Waals surface area (Å²) in [4.78, 5) is 4.20. The van der Waals surface area contributed by atoms with Crippen molar-refractivity contribution in [2.24, 2.45) is 0 Å². The minimum atomic E-state index is 0.162. The molecule has 0 bridgehead atoms. The van der Waals surface area contributed by atoms with Crippen LogP contribution in [-0.4, -0.2) is 25.4 Å². The van der Waals surface area contributed by atoms with Gasteiger partial charge in [-0.2, -0.15) is 10.1 Å². The lowest BCUT2D eigenvalue weighted by molar-refractivity contribution is 0.431. The molecule has 6 nitrogen and oxygen atoms in total. The number of benzene rings is 1. The molecule has 0 radical (unpaired) electrons. The van der Waals surface area contributed by atoms with Gasteiger partial charge < -0.3 is 9.63 Å². The van der Waals surface area contributed by atoms with Gasteiger partial charge in [-0.1, -0.05) is 17.3 Å². The van der Waals surface area contributed by atoms with Gasteiger partial charge in [-0.15, -0.1) is 0 Å². The lowest BCUT2D eigenvalue weighted by Crippen LogP contribution is -1.81. The number of hydrogen-bond donors (Lipinski definition) is 2. The summed E-state index contributed by atoms with van der Waals surface area (Å²) < 4.78 is 5.09. The molecule has 17 heavy (non-hydrogen) atoms. The van der Waals surface area contributed by atoms with Crippen molar-refractivity contribution in [3.8, 4) is 28.7 Å². The van der Waals surface area contributed by atoms with E-state index in [1.807, 2.05) is 0 Å². The molecule has 0 aliphatic heterocycles. The molecule has 0 atom stereocenters. The van der Waals surface area contributed by atoms with Crippen molar-refractivity contribution >= 4 is 0 Å². The molecule has 0 amide bonds. The number of aromatic amines is 1. The highest BCUT2D eigenvalue weighted by Gasteiger charge is 2.11. The van der Waals surface area contributed by atoms with Gasteiger partial charge in [0.1, 0.15) is 11.4 Å². The number of H-pyrrole nitrogens is 1. The van der Waals surface area contributed by atoms with Crippen LogP contribution in [0.2, 0.25) is 0 Å². The number of rotatable bonds is 2. The third-order valence-corrected chi connectivity index (χ3v) is 2.26. The lowest BCUT2D eigenvalue weighted by atomic mass is 10.2. The summed E-state index contributed by atoms with van der Waals surface area (Å²) in [6.07, 6.45) is 1.60. The van der Waals surface area contributed by atoms with Crippen LogP contribution < -0.4 is 0 Å². The second kappa shape index (κ2) is 3.75. The first-order valence-electron chi connectivity index (χ1n) is 4.96. The van der Waals surface area contributed by atoms with Gasteiger partial charge in [-0.3, -0.25) is 5.10 Å². The Morgan fingerprint density at radius 1 is 1.24 bits per heavy atom. The smallest absolute Gasteiger partial charge is 0.276 e. The average molecular weight is 228 g/mol. The fourth-order valence-electron chi connectivity index (χ4n) is 1.47. The maximum absolute atomic E-state index is 9.36. The summed E-state index contributed by atoms with van der Waals surface area (Å²) in [5, 5.41) is 19.7. The Kier molecular flexibility index (Phi) is 2.11. The van der Waals surface area contributed by atoms with Crippen molar-refractivity contribution in [2.45, 2.75) is 0 Å². The molecule has 0 saturated carbocycles. The summed E-state index contributed by atoms with van der Waals surface area (Å²) in [5.74, 6) is 0.946. The van der Waals surface area contributed by atoms with Crippen LogP contribution in [0.4, 0.5) is 0 Å². The van der Waals surface area contributed by atoms with E-state index in [0.717, 1.165) is 0 Å². The maximum Gasteiger partial charge on any atom is 0.276 e. The number of nitrogens with zero attached hydrogens (tertiary/aromatic N) is 3. The van der Waals surface area contributed by atoms with E-state index in [4.69, 9.17) is 4.52 Å². The largest absolute Gasteiger partial charge is 0.508 e. The highest BCUT2D eigenvalue weighted by molar-refractivity contribution is 5.59. The third kappa shape index (κ3) is 1.76. The molecule has 2 N–H and O–H groups in total. The summed E-state index contributed by atoms with van der Waals surface area (Å²) in [6, 6.07) is 8.40. The van der Waals surface area contributed by atoms with Crippen LogP contribution in [0.15, 0.2) is 41.1 Å². The molecule has 0 fully saturated rings. The molecule has 0 saturated heterocycles. The second-order valence-electron chi connectivity index (χ2n) is 3.44. The molecule has 2 aromatic heterocycles. The fourth-order valence-corrected chi connectivity index (χ4v) is 1.47. The van der Waals surface area contributed by atoms with Gasteiger partial charge in [0.25, 0.3) is 5.89 Å². The molecule has 3 aromatic rings. The first-order valence-corrected chi connectivity index (χ1v) is 4.96. The molecule has 0 unspecified atom stereocenters. The van der Waals surface area contributed by atoms with Crippen LogP contribution in [0.3, 0.4) is 0 Å². The Bertz CT molecular complexity index is 630. The van der Waals surface area contributed by atoms with E-state index >= 15 is 0 Å². The van der Waals surface area contributed by atoms with Gasteiger partial charge in [-0.05, 0) is 18.2 Å². The fraction of sp³-hybridized carbons (Fsp3) is 0. The molecule has 2 heterocycles. The number of aromatic hydroxyl groups is 1. The molecule has 0 aliphatic rings. The third-order valence-electron chi connectivity index (χ3n) is 2.26. The monoisotopic (exact) mass is 228 g/mol. The molecule has 0 aliphatic carbocycles. The highest BCUT2D eigenvalue weighted by atomic mass is 16.5. The zero-order chi connectivity index (χ0) is 11.7. The van der Waals surface area contributed by atoms with Crippen molar-refractivity contribution in [1.82, 2.24) is 20.3 Å². The van der Waals surface area contributed by atoms with E-state index in [9.17, 15) is 5.11 Å². The predicted octanol–water partition coefficient (Wildman–Crippen LogP) is 1.83.